The van der Waals surface area contributed by atoms with Gasteiger partial charge in [-0.2, -0.15) is 0 Å². The van der Waals surface area contributed by atoms with Crippen LogP contribution in [-0.2, 0) is 4.79 Å². The predicted octanol–water partition coefficient (Wildman–Crippen LogP) is 4.96. The summed E-state index contributed by atoms with van der Waals surface area (Å²) in [5, 5.41) is 2.77. The first-order valence-electron chi connectivity index (χ1n) is 8.73. The van der Waals surface area contributed by atoms with E-state index in [1.54, 1.807) is 30.3 Å². The van der Waals surface area contributed by atoms with Crippen LogP contribution >= 0.6 is 0 Å². The molecule has 0 saturated carbocycles. The normalized spacial score (nSPS) is 10.8. The van der Waals surface area contributed by atoms with Crippen molar-refractivity contribution in [2.24, 2.45) is 0 Å². The number of nitrogens with zero attached hydrogens (tertiary/aromatic N) is 1. The molecule has 0 unspecified atom stereocenters. The molecule has 1 aromatic heterocycles. The van der Waals surface area contributed by atoms with Crippen molar-refractivity contribution < 1.29 is 18.3 Å². The lowest BCUT2D eigenvalue weighted by Gasteiger charge is -2.07. The number of rotatable bonds is 5. The highest BCUT2D eigenvalue weighted by Crippen LogP contribution is 2.26. The smallest absolute Gasteiger partial charge is 0.262 e. The van der Waals surface area contributed by atoms with Crippen LogP contribution in [0.4, 0.5) is 10.1 Å². The number of halogens is 1. The molecule has 6 heteroatoms. The van der Waals surface area contributed by atoms with Crippen molar-refractivity contribution >= 4 is 22.7 Å². The first kappa shape index (κ1) is 17.7. The summed E-state index contributed by atoms with van der Waals surface area (Å²) in [6, 6.07) is 18.6. The lowest BCUT2D eigenvalue weighted by Crippen LogP contribution is -2.20. The second-order valence-corrected chi connectivity index (χ2v) is 6.36. The average Bonchev–Trinajstić information content (AvgIpc) is 3.11. The van der Waals surface area contributed by atoms with Gasteiger partial charge >= 0.3 is 0 Å². The van der Waals surface area contributed by atoms with Gasteiger partial charge in [-0.1, -0.05) is 17.7 Å². The zero-order chi connectivity index (χ0) is 19.5. The number of aromatic nitrogens is 1. The largest absolute Gasteiger partial charge is 0.484 e. The van der Waals surface area contributed by atoms with Gasteiger partial charge < -0.3 is 14.5 Å². The lowest BCUT2D eigenvalue weighted by atomic mass is 10.2. The molecule has 4 rings (SSSR count). The summed E-state index contributed by atoms with van der Waals surface area (Å²) in [7, 11) is 0. The molecule has 5 nitrogen and oxygen atoms in total. The second-order valence-electron chi connectivity index (χ2n) is 6.36. The monoisotopic (exact) mass is 376 g/mol. The van der Waals surface area contributed by atoms with Crippen molar-refractivity contribution in [1.29, 1.82) is 0 Å². The zero-order valence-corrected chi connectivity index (χ0v) is 15.1. The van der Waals surface area contributed by atoms with Gasteiger partial charge in [0.15, 0.2) is 12.2 Å². The number of aryl methyl sites for hydroxylation is 1. The van der Waals surface area contributed by atoms with Crippen molar-refractivity contribution in [3.8, 4) is 17.2 Å². The molecule has 1 heterocycles. The molecule has 0 saturated heterocycles. The molecular formula is C22H17FN2O3. The Bertz CT molecular complexity index is 1120. The first-order valence-corrected chi connectivity index (χ1v) is 8.73. The van der Waals surface area contributed by atoms with E-state index >= 15 is 0 Å². The van der Waals surface area contributed by atoms with E-state index < -0.39 is 0 Å². The molecule has 0 aliphatic rings. The minimum Gasteiger partial charge on any atom is -0.484 e. The number of hydrogen-bond donors (Lipinski definition) is 1. The average molecular weight is 376 g/mol. The fourth-order valence-corrected chi connectivity index (χ4v) is 2.70. The third-order valence-corrected chi connectivity index (χ3v) is 4.15. The number of fused-ring (bicyclic) bond motifs is 1. The van der Waals surface area contributed by atoms with Crippen LogP contribution in [-0.4, -0.2) is 17.5 Å². The highest BCUT2D eigenvalue weighted by atomic mass is 19.1. The minimum absolute atomic E-state index is 0.0989. The van der Waals surface area contributed by atoms with E-state index in [0.717, 1.165) is 5.56 Å². The number of carbonyl (C=O) groups excluding carboxylic acids is 1. The Hall–Kier alpha value is -3.67. The molecule has 0 atom stereocenters. The van der Waals surface area contributed by atoms with E-state index in [1.165, 1.54) is 12.1 Å². The van der Waals surface area contributed by atoms with E-state index in [-0.39, 0.29) is 18.3 Å². The third kappa shape index (κ3) is 4.01. The van der Waals surface area contributed by atoms with Crippen molar-refractivity contribution in [1.82, 2.24) is 4.98 Å². The SMILES string of the molecule is Cc1ccc(OCC(=O)Nc2ccc3nc(-c4ccc(F)cc4)oc3c2)cc1. The molecule has 3 aromatic carbocycles. The number of carbonyl (C=O) groups is 1. The zero-order valence-electron chi connectivity index (χ0n) is 15.1. The third-order valence-electron chi connectivity index (χ3n) is 4.15. The van der Waals surface area contributed by atoms with E-state index in [9.17, 15) is 9.18 Å². The number of amides is 1. The van der Waals surface area contributed by atoms with Crippen molar-refractivity contribution in [2.45, 2.75) is 6.92 Å². The Kier molecular flexibility index (Phi) is 4.76. The van der Waals surface area contributed by atoms with Gasteiger partial charge in [-0.05, 0) is 55.5 Å². The molecular weight excluding hydrogens is 359 g/mol. The maximum absolute atomic E-state index is 13.1. The summed E-state index contributed by atoms with van der Waals surface area (Å²) in [6.07, 6.45) is 0. The molecule has 0 aliphatic carbocycles. The fourth-order valence-electron chi connectivity index (χ4n) is 2.70. The van der Waals surface area contributed by atoms with Crippen LogP contribution in [0.3, 0.4) is 0 Å². The standard InChI is InChI=1S/C22H17FN2O3/c1-14-2-9-18(10-3-14)27-13-21(26)24-17-8-11-19-20(12-17)28-22(25-19)15-4-6-16(23)7-5-15/h2-12H,13H2,1H3,(H,24,26). The Labute approximate surface area is 160 Å². The van der Waals surface area contributed by atoms with Gasteiger partial charge in [0.2, 0.25) is 5.89 Å². The quantitative estimate of drug-likeness (QED) is 0.535. The van der Waals surface area contributed by atoms with Gasteiger partial charge in [-0.15, -0.1) is 0 Å². The maximum Gasteiger partial charge on any atom is 0.262 e. The molecule has 1 amide bonds. The highest BCUT2D eigenvalue weighted by molar-refractivity contribution is 5.93. The van der Waals surface area contributed by atoms with Crippen molar-refractivity contribution in [2.75, 3.05) is 11.9 Å². The summed E-state index contributed by atoms with van der Waals surface area (Å²) in [6.45, 7) is 1.88. The van der Waals surface area contributed by atoms with E-state index in [1.807, 2.05) is 31.2 Å². The molecule has 0 bridgehead atoms. The van der Waals surface area contributed by atoms with Gasteiger partial charge in [-0.25, -0.2) is 9.37 Å². The number of anilines is 1. The molecule has 1 N–H and O–H groups in total. The number of benzene rings is 3. The molecule has 140 valence electrons. The number of hydrogen-bond acceptors (Lipinski definition) is 4. The van der Waals surface area contributed by atoms with Gasteiger partial charge in [0.1, 0.15) is 17.1 Å². The molecule has 0 spiro atoms. The van der Waals surface area contributed by atoms with Gasteiger partial charge in [0, 0.05) is 17.3 Å². The van der Waals surface area contributed by atoms with Crippen LogP contribution in [0.15, 0.2) is 71.1 Å². The molecule has 28 heavy (non-hydrogen) atoms. The predicted molar refractivity (Wildman–Crippen MR) is 105 cm³/mol. The first-order chi connectivity index (χ1) is 13.6. The summed E-state index contributed by atoms with van der Waals surface area (Å²) >= 11 is 0. The summed E-state index contributed by atoms with van der Waals surface area (Å²) in [4.78, 5) is 16.5. The maximum atomic E-state index is 13.1. The second kappa shape index (κ2) is 7.52. The Morgan fingerprint density at radius 1 is 1.07 bits per heavy atom. The van der Waals surface area contributed by atoms with Crippen LogP contribution in [0.5, 0.6) is 5.75 Å². The number of ether oxygens (including phenoxy) is 1. The summed E-state index contributed by atoms with van der Waals surface area (Å²) in [5.74, 6) is 0.424. The van der Waals surface area contributed by atoms with Gasteiger partial charge in [0.05, 0.1) is 0 Å². The number of oxazole rings is 1. The van der Waals surface area contributed by atoms with Crippen molar-refractivity contribution in [3.05, 3.63) is 78.1 Å². The number of nitrogens with one attached hydrogen (secondary N) is 1. The lowest BCUT2D eigenvalue weighted by molar-refractivity contribution is -0.118. The highest BCUT2D eigenvalue weighted by Gasteiger charge is 2.10. The van der Waals surface area contributed by atoms with E-state index in [0.29, 0.717) is 34.0 Å². The van der Waals surface area contributed by atoms with Crippen LogP contribution in [0.2, 0.25) is 0 Å². The Morgan fingerprint density at radius 3 is 2.57 bits per heavy atom. The van der Waals surface area contributed by atoms with Crippen LogP contribution in [0.1, 0.15) is 5.56 Å². The Morgan fingerprint density at radius 2 is 1.82 bits per heavy atom. The molecule has 0 radical (unpaired) electrons. The van der Waals surface area contributed by atoms with E-state index in [2.05, 4.69) is 10.3 Å². The van der Waals surface area contributed by atoms with E-state index in [4.69, 9.17) is 9.15 Å². The Balaban J connectivity index is 1.44. The molecule has 0 aliphatic heterocycles. The molecule has 4 aromatic rings. The summed E-state index contributed by atoms with van der Waals surface area (Å²) in [5.41, 5.74) is 3.54. The molecule has 0 fully saturated rings. The van der Waals surface area contributed by atoms with Crippen molar-refractivity contribution in [3.63, 3.8) is 0 Å². The minimum atomic E-state index is -0.322. The van der Waals surface area contributed by atoms with Crippen LogP contribution in [0.25, 0.3) is 22.6 Å². The topological polar surface area (TPSA) is 64.4 Å². The summed E-state index contributed by atoms with van der Waals surface area (Å²) < 4.78 is 24.3. The van der Waals surface area contributed by atoms with Gasteiger partial charge in [-0.3, -0.25) is 4.79 Å². The van der Waals surface area contributed by atoms with Gasteiger partial charge in [0.25, 0.3) is 5.91 Å². The van der Waals surface area contributed by atoms with Crippen LogP contribution in [0, 0.1) is 12.7 Å². The van der Waals surface area contributed by atoms with Crippen LogP contribution < -0.4 is 10.1 Å². The fraction of sp³-hybridized carbons (Fsp3) is 0.0909.